The molecule has 0 fully saturated rings. The second-order valence-electron chi connectivity index (χ2n) is 4.30. The highest BCUT2D eigenvalue weighted by atomic mass is 16.4. The average molecular weight is 231 g/mol. The minimum atomic E-state index is -0.816. The highest BCUT2D eigenvalue weighted by molar-refractivity contribution is 5.89. The van der Waals surface area contributed by atoms with Crippen molar-refractivity contribution in [2.24, 2.45) is 0 Å². The molecule has 3 heteroatoms. The Balaban J connectivity index is 2.22. The molecule has 3 nitrogen and oxygen atoms in total. The van der Waals surface area contributed by atoms with Crippen LogP contribution in [0.15, 0.2) is 30.4 Å². The summed E-state index contributed by atoms with van der Waals surface area (Å²) >= 11 is 0. The number of allylic oxidation sites excluding steroid dienone is 1. The van der Waals surface area contributed by atoms with Crippen LogP contribution < -0.4 is 0 Å². The van der Waals surface area contributed by atoms with Crippen LogP contribution >= 0.6 is 0 Å². The topological polar surface area (TPSA) is 40.5 Å². The molecule has 1 aromatic carbocycles. The van der Waals surface area contributed by atoms with Gasteiger partial charge in [0.1, 0.15) is 0 Å². The van der Waals surface area contributed by atoms with Gasteiger partial charge in [-0.05, 0) is 30.5 Å². The van der Waals surface area contributed by atoms with Gasteiger partial charge < -0.3 is 5.11 Å². The van der Waals surface area contributed by atoms with E-state index in [2.05, 4.69) is 11.0 Å². The monoisotopic (exact) mass is 231 g/mol. The van der Waals surface area contributed by atoms with Crippen molar-refractivity contribution in [3.8, 4) is 0 Å². The maximum absolute atomic E-state index is 11.1. The minimum Gasteiger partial charge on any atom is -0.478 e. The van der Waals surface area contributed by atoms with Crippen LogP contribution in [0.1, 0.15) is 28.4 Å². The molecule has 1 heterocycles. The second kappa shape index (κ2) is 5.15. The van der Waals surface area contributed by atoms with Gasteiger partial charge >= 0.3 is 5.97 Å². The van der Waals surface area contributed by atoms with Crippen LogP contribution in [0.2, 0.25) is 0 Å². The maximum Gasteiger partial charge on any atom is 0.335 e. The lowest BCUT2D eigenvalue weighted by Crippen LogP contribution is -2.31. The van der Waals surface area contributed by atoms with E-state index in [1.807, 2.05) is 25.1 Å². The second-order valence-corrected chi connectivity index (χ2v) is 4.30. The molecule has 0 atom stereocenters. The van der Waals surface area contributed by atoms with E-state index in [1.165, 1.54) is 0 Å². The summed E-state index contributed by atoms with van der Waals surface area (Å²) in [7, 11) is 0. The number of hydrogen-bond donors (Lipinski definition) is 1. The van der Waals surface area contributed by atoms with Crippen LogP contribution in [0.5, 0.6) is 0 Å². The lowest BCUT2D eigenvalue weighted by Gasteiger charge is -2.28. The molecule has 0 radical (unpaired) electrons. The number of rotatable bonds is 3. The van der Waals surface area contributed by atoms with Gasteiger partial charge in [0.15, 0.2) is 0 Å². The zero-order chi connectivity index (χ0) is 12.3. The van der Waals surface area contributed by atoms with E-state index in [1.54, 1.807) is 6.07 Å². The molecule has 0 saturated heterocycles. The third kappa shape index (κ3) is 2.56. The number of carboxylic acid groups (broad SMARTS) is 1. The largest absolute Gasteiger partial charge is 0.478 e. The summed E-state index contributed by atoms with van der Waals surface area (Å²) in [5, 5.41) is 9.12. The highest BCUT2D eigenvalue weighted by Gasteiger charge is 2.20. The Morgan fingerprint density at radius 2 is 2.35 bits per heavy atom. The number of fused-ring (bicyclic) bond motifs is 1. The molecule has 0 spiro atoms. The zero-order valence-corrected chi connectivity index (χ0v) is 10.0. The molecule has 0 saturated carbocycles. The fraction of sp³-hybridized carbons (Fsp3) is 0.357. The molecular weight excluding hydrogens is 214 g/mol. The summed E-state index contributed by atoms with van der Waals surface area (Å²) in [5.74, 6) is -0.816. The van der Waals surface area contributed by atoms with Crippen molar-refractivity contribution in [1.82, 2.24) is 4.90 Å². The van der Waals surface area contributed by atoms with E-state index in [-0.39, 0.29) is 0 Å². The van der Waals surface area contributed by atoms with Crippen molar-refractivity contribution in [2.45, 2.75) is 19.9 Å². The molecule has 1 aliphatic rings. The van der Waals surface area contributed by atoms with E-state index < -0.39 is 5.97 Å². The van der Waals surface area contributed by atoms with Gasteiger partial charge in [-0.15, -0.1) is 0 Å². The molecule has 17 heavy (non-hydrogen) atoms. The first-order valence-corrected chi connectivity index (χ1v) is 5.90. The molecule has 0 aliphatic carbocycles. The van der Waals surface area contributed by atoms with Gasteiger partial charge in [0.25, 0.3) is 0 Å². The van der Waals surface area contributed by atoms with Crippen molar-refractivity contribution < 1.29 is 9.90 Å². The molecule has 0 amide bonds. The van der Waals surface area contributed by atoms with Gasteiger partial charge in [0.2, 0.25) is 0 Å². The van der Waals surface area contributed by atoms with Crippen molar-refractivity contribution in [2.75, 3.05) is 13.1 Å². The minimum absolute atomic E-state index is 0.466. The van der Waals surface area contributed by atoms with Gasteiger partial charge in [-0.2, -0.15) is 0 Å². The summed E-state index contributed by atoms with van der Waals surface area (Å²) in [6.07, 6.45) is 5.00. The van der Waals surface area contributed by atoms with Crippen molar-refractivity contribution in [3.63, 3.8) is 0 Å². The Hall–Kier alpha value is -1.61. The van der Waals surface area contributed by atoms with Crippen molar-refractivity contribution >= 4 is 5.97 Å². The van der Waals surface area contributed by atoms with Crippen molar-refractivity contribution in [1.29, 1.82) is 0 Å². The van der Waals surface area contributed by atoms with Gasteiger partial charge in [0.05, 0.1) is 5.56 Å². The van der Waals surface area contributed by atoms with Gasteiger partial charge in [-0.25, -0.2) is 4.79 Å². The fourth-order valence-electron chi connectivity index (χ4n) is 2.28. The highest BCUT2D eigenvalue weighted by Crippen LogP contribution is 2.22. The number of carboxylic acids is 1. The summed E-state index contributed by atoms with van der Waals surface area (Å²) in [6, 6.07) is 5.56. The SMILES string of the molecule is C/C=C/CN1CCc2c(cccc2C(=O)O)C1. The van der Waals surface area contributed by atoms with Crippen LogP contribution in [0, 0.1) is 0 Å². The van der Waals surface area contributed by atoms with Crippen LogP contribution in [-0.4, -0.2) is 29.1 Å². The number of benzene rings is 1. The van der Waals surface area contributed by atoms with Crippen LogP contribution in [0.25, 0.3) is 0 Å². The molecule has 0 bridgehead atoms. The van der Waals surface area contributed by atoms with Gasteiger partial charge in [0, 0.05) is 19.6 Å². The number of aromatic carboxylic acids is 1. The quantitative estimate of drug-likeness (QED) is 0.812. The van der Waals surface area contributed by atoms with Gasteiger partial charge in [-0.3, -0.25) is 4.90 Å². The molecule has 2 rings (SSSR count). The Labute approximate surface area is 101 Å². The lowest BCUT2D eigenvalue weighted by atomic mass is 9.94. The van der Waals surface area contributed by atoms with Crippen LogP contribution in [-0.2, 0) is 13.0 Å². The molecule has 90 valence electrons. The van der Waals surface area contributed by atoms with Crippen LogP contribution in [0.4, 0.5) is 0 Å². The number of nitrogens with zero attached hydrogens (tertiary/aromatic N) is 1. The number of hydrogen-bond acceptors (Lipinski definition) is 2. The Morgan fingerprint density at radius 1 is 1.53 bits per heavy atom. The Bertz CT molecular complexity index is 452. The smallest absolute Gasteiger partial charge is 0.335 e. The first-order valence-electron chi connectivity index (χ1n) is 5.90. The van der Waals surface area contributed by atoms with E-state index >= 15 is 0 Å². The Kier molecular flexibility index (Phi) is 3.59. The van der Waals surface area contributed by atoms with Crippen LogP contribution in [0.3, 0.4) is 0 Å². The van der Waals surface area contributed by atoms with E-state index in [9.17, 15) is 4.79 Å². The van der Waals surface area contributed by atoms with E-state index in [0.717, 1.165) is 37.2 Å². The molecule has 1 aromatic rings. The summed E-state index contributed by atoms with van der Waals surface area (Å²) in [5.41, 5.74) is 2.63. The molecule has 0 aromatic heterocycles. The molecule has 1 N–H and O–H groups in total. The van der Waals surface area contributed by atoms with Crippen molar-refractivity contribution in [3.05, 3.63) is 47.0 Å². The maximum atomic E-state index is 11.1. The third-order valence-electron chi connectivity index (χ3n) is 3.17. The van der Waals surface area contributed by atoms with Gasteiger partial charge in [-0.1, -0.05) is 24.3 Å². The molecule has 0 unspecified atom stereocenters. The summed E-state index contributed by atoms with van der Waals surface area (Å²) in [4.78, 5) is 13.4. The fourth-order valence-corrected chi connectivity index (χ4v) is 2.28. The number of carbonyl (C=O) groups is 1. The van der Waals surface area contributed by atoms with E-state index in [4.69, 9.17) is 5.11 Å². The normalized spacial score (nSPS) is 16.1. The first-order chi connectivity index (χ1) is 8.22. The average Bonchev–Trinajstić information content (AvgIpc) is 2.35. The molecular formula is C14H17NO2. The predicted octanol–water partition coefficient (Wildman–Crippen LogP) is 2.32. The Morgan fingerprint density at radius 3 is 3.06 bits per heavy atom. The zero-order valence-electron chi connectivity index (χ0n) is 10.0. The molecule has 1 aliphatic heterocycles. The predicted molar refractivity (Wildman–Crippen MR) is 67.2 cm³/mol. The summed E-state index contributed by atoms with van der Waals surface area (Å²) < 4.78 is 0. The van der Waals surface area contributed by atoms with E-state index in [0.29, 0.717) is 5.56 Å². The lowest BCUT2D eigenvalue weighted by molar-refractivity contribution is 0.0694. The first kappa shape index (κ1) is 11.9. The third-order valence-corrected chi connectivity index (χ3v) is 3.17. The standard InChI is InChI=1S/C14H17NO2/c1-2-3-8-15-9-7-12-11(10-15)5-4-6-13(12)14(16)17/h2-6H,7-10H2,1H3,(H,16,17)/b3-2+. The summed E-state index contributed by atoms with van der Waals surface area (Å²) in [6.45, 7) is 4.73.